The monoisotopic (exact) mass is 198 g/mol. The van der Waals surface area contributed by atoms with Crippen molar-refractivity contribution >= 4 is 12.4 Å². The van der Waals surface area contributed by atoms with E-state index in [-0.39, 0.29) is 12.4 Å². The summed E-state index contributed by atoms with van der Waals surface area (Å²) < 4.78 is 0. The zero-order chi connectivity index (χ0) is 8.39. The minimum atomic E-state index is 0. The summed E-state index contributed by atoms with van der Waals surface area (Å²) in [5.41, 5.74) is 2.48. The lowest BCUT2D eigenvalue weighted by Crippen LogP contribution is -2.08. The molecule has 2 rings (SSSR count). The number of hydrogen-bond acceptors (Lipinski definition) is 2. The second-order valence-corrected chi connectivity index (χ2v) is 3.42. The Morgan fingerprint density at radius 1 is 1.46 bits per heavy atom. The maximum absolute atomic E-state index is 4.30. The van der Waals surface area contributed by atoms with Gasteiger partial charge in [0.05, 0.1) is 0 Å². The number of aryl methyl sites for hydroxylation is 1. The number of pyridine rings is 1. The van der Waals surface area contributed by atoms with Crippen LogP contribution in [-0.4, -0.2) is 18.1 Å². The minimum Gasteiger partial charge on any atom is -0.316 e. The third-order valence-electron chi connectivity index (χ3n) is 2.47. The molecule has 1 N–H and O–H groups in total. The van der Waals surface area contributed by atoms with E-state index in [9.17, 15) is 0 Å². The Balaban J connectivity index is 0.000000845. The predicted molar refractivity (Wildman–Crippen MR) is 56.4 cm³/mol. The summed E-state index contributed by atoms with van der Waals surface area (Å²) in [5.74, 6) is 0.693. The van der Waals surface area contributed by atoms with Crippen LogP contribution in [0.2, 0.25) is 0 Å². The Morgan fingerprint density at radius 3 is 2.85 bits per heavy atom. The lowest BCUT2D eigenvalue weighted by molar-refractivity contribution is 0.757. The molecule has 0 amide bonds. The van der Waals surface area contributed by atoms with Crippen molar-refractivity contribution in [3.63, 3.8) is 0 Å². The van der Waals surface area contributed by atoms with Crippen LogP contribution >= 0.6 is 12.4 Å². The molecule has 2 heterocycles. The van der Waals surface area contributed by atoms with Crippen molar-refractivity contribution in [3.05, 3.63) is 29.6 Å². The van der Waals surface area contributed by atoms with E-state index in [4.69, 9.17) is 0 Å². The van der Waals surface area contributed by atoms with Crippen LogP contribution in [0.3, 0.4) is 0 Å². The Morgan fingerprint density at radius 2 is 2.31 bits per heavy atom. The maximum atomic E-state index is 4.30. The van der Waals surface area contributed by atoms with Gasteiger partial charge < -0.3 is 5.32 Å². The molecule has 13 heavy (non-hydrogen) atoms. The summed E-state index contributed by atoms with van der Waals surface area (Å²) >= 11 is 0. The fourth-order valence-electron chi connectivity index (χ4n) is 1.66. The predicted octanol–water partition coefficient (Wildman–Crippen LogP) is 1.89. The van der Waals surface area contributed by atoms with Gasteiger partial charge in [0, 0.05) is 18.4 Å². The van der Waals surface area contributed by atoms with Crippen LogP contribution in [0, 0.1) is 6.92 Å². The number of rotatable bonds is 1. The first-order valence-corrected chi connectivity index (χ1v) is 4.49. The quantitative estimate of drug-likeness (QED) is 0.746. The van der Waals surface area contributed by atoms with Crippen molar-refractivity contribution < 1.29 is 0 Å². The fraction of sp³-hybridized carbons (Fsp3) is 0.500. The average Bonchev–Trinajstić information content (AvgIpc) is 2.58. The highest BCUT2D eigenvalue weighted by molar-refractivity contribution is 5.85. The van der Waals surface area contributed by atoms with Crippen molar-refractivity contribution in [2.24, 2.45) is 0 Å². The van der Waals surface area contributed by atoms with E-state index in [1.54, 1.807) is 0 Å². The van der Waals surface area contributed by atoms with Gasteiger partial charge in [-0.05, 0) is 37.4 Å². The SMILES string of the molecule is Cc1ccc(C2CCNC2)cn1.Cl. The molecule has 0 aromatic carbocycles. The Labute approximate surface area is 85.2 Å². The highest BCUT2D eigenvalue weighted by atomic mass is 35.5. The Kier molecular flexibility index (Phi) is 3.70. The van der Waals surface area contributed by atoms with E-state index in [0.29, 0.717) is 5.92 Å². The summed E-state index contributed by atoms with van der Waals surface area (Å²) in [4.78, 5) is 4.30. The van der Waals surface area contributed by atoms with E-state index < -0.39 is 0 Å². The second-order valence-electron chi connectivity index (χ2n) is 3.42. The van der Waals surface area contributed by atoms with Crippen LogP contribution in [0.4, 0.5) is 0 Å². The number of hydrogen-bond donors (Lipinski definition) is 1. The topological polar surface area (TPSA) is 24.9 Å². The molecule has 1 aromatic heterocycles. The van der Waals surface area contributed by atoms with Crippen LogP contribution in [0.5, 0.6) is 0 Å². The standard InChI is InChI=1S/C10H14N2.ClH/c1-8-2-3-9(7-12-8)10-4-5-11-6-10;/h2-3,7,10-11H,4-6H2,1H3;1H. The number of halogens is 1. The highest BCUT2D eigenvalue weighted by Crippen LogP contribution is 2.20. The lowest BCUT2D eigenvalue weighted by atomic mass is 10.0. The molecule has 0 saturated carbocycles. The van der Waals surface area contributed by atoms with Gasteiger partial charge in [-0.3, -0.25) is 4.98 Å². The molecule has 1 atom stereocenters. The molecular weight excluding hydrogens is 184 g/mol. The van der Waals surface area contributed by atoms with Crippen LogP contribution in [0.25, 0.3) is 0 Å². The molecular formula is C10H15ClN2. The highest BCUT2D eigenvalue weighted by Gasteiger charge is 2.15. The van der Waals surface area contributed by atoms with Gasteiger partial charge in [0.25, 0.3) is 0 Å². The van der Waals surface area contributed by atoms with E-state index in [2.05, 4.69) is 22.4 Å². The summed E-state index contributed by atoms with van der Waals surface area (Å²) in [5, 5.41) is 3.36. The van der Waals surface area contributed by atoms with Crippen LogP contribution < -0.4 is 5.32 Å². The van der Waals surface area contributed by atoms with Crippen molar-refractivity contribution in [2.45, 2.75) is 19.3 Å². The molecule has 0 radical (unpaired) electrons. The Hall–Kier alpha value is -0.600. The zero-order valence-electron chi connectivity index (χ0n) is 7.79. The molecule has 1 unspecified atom stereocenters. The van der Waals surface area contributed by atoms with E-state index in [0.717, 1.165) is 18.8 Å². The average molecular weight is 199 g/mol. The molecule has 1 aliphatic rings. The molecule has 1 saturated heterocycles. The zero-order valence-corrected chi connectivity index (χ0v) is 8.60. The van der Waals surface area contributed by atoms with Gasteiger partial charge in [0.15, 0.2) is 0 Å². The van der Waals surface area contributed by atoms with Crippen molar-refractivity contribution in [3.8, 4) is 0 Å². The first-order chi connectivity index (χ1) is 5.86. The molecule has 0 bridgehead atoms. The summed E-state index contributed by atoms with van der Waals surface area (Å²) in [6.45, 7) is 4.29. The lowest BCUT2D eigenvalue weighted by Gasteiger charge is -2.07. The third-order valence-corrected chi connectivity index (χ3v) is 2.47. The first kappa shape index (κ1) is 10.5. The Bertz CT molecular complexity index is 252. The number of aromatic nitrogens is 1. The molecule has 1 aliphatic heterocycles. The van der Waals surface area contributed by atoms with Crippen LogP contribution in [0.1, 0.15) is 23.6 Å². The van der Waals surface area contributed by atoms with E-state index >= 15 is 0 Å². The number of nitrogens with zero attached hydrogens (tertiary/aromatic N) is 1. The van der Waals surface area contributed by atoms with Gasteiger partial charge in [-0.2, -0.15) is 0 Å². The fourth-order valence-corrected chi connectivity index (χ4v) is 1.66. The first-order valence-electron chi connectivity index (χ1n) is 4.49. The summed E-state index contributed by atoms with van der Waals surface area (Å²) in [6, 6.07) is 4.29. The molecule has 3 heteroatoms. The molecule has 1 aromatic rings. The molecule has 0 aliphatic carbocycles. The van der Waals surface area contributed by atoms with E-state index in [1.807, 2.05) is 13.1 Å². The van der Waals surface area contributed by atoms with E-state index in [1.165, 1.54) is 12.0 Å². The van der Waals surface area contributed by atoms with Crippen molar-refractivity contribution in [1.29, 1.82) is 0 Å². The van der Waals surface area contributed by atoms with Gasteiger partial charge in [-0.1, -0.05) is 6.07 Å². The maximum Gasteiger partial charge on any atom is 0.0372 e. The normalized spacial score (nSPS) is 21.2. The van der Waals surface area contributed by atoms with Gasteiger partial charge in [-0.15, -0.1) is 12.4 Å². The third kappa shape index (κ3) is 2.42. The van der Waals surface area contributed by atoms with Gasteiger partial charge in [0.2, 0.25) is 0 Å². The minimum absolute atomic E-state index is 0. The second kappa shape index (κ2) is 4.58. The smallest absolute Gasteiger partial charge is 0.0372 e. The van der Waals surface area contributed by atoms with Gasteiger partial charge in [-0.25, -0.2) is 0 Å². The summed E-state index contributed by atoms with van der Waals surface area (Å²) in [7, 11) is 0. The van der Waals surface area contributed by atoms with Crippen LogP contribution in [0.15, 0.2) is 18.3 Å². The van der Waals surface area contributed by atoms with Crippen molar-refractivity contribution in [2.75, 3.05) is 13.1 Å². The van der Waals surface area contributed by atoms with Crippen LogP contribution in [-0.2, 0) is 0 Å². The summed E-state index contributed by atoms with van der Waals surface area (Å²) in [6.07, 6.45) is 3.26. The molecule has 2 nitrogen and oxygen atoms in total. The van der Waals surface area contributed by atoms with Gasteiger partial charge >= 0.3 is 0 Å². The molecule has 1 fully saturated rings. The largest absolute Gasteiger partial charge is 0.316 e. The van der Waals surface area contributed by atoms with Crippen molar-refractivity contribution in [1.82, 2.24) is 10.3 Å². The number of nitrogens with one attached hydrogen (secondary N) is 1. The molecule has 0 spiro atoms. The van der Waals surface area contributed by atoms with Gasteiger partial charge in [0.1, 0.15) is 0 Å². The molecule has 72 valence electrons.